The Morgan fingerprint density at radius 3 is 2.63 bits per heavy atom. The minimum atomic E-state index is -3.73. The molecule has 138 valence electrons. The maximum atomic E-state index is 12.7. The van der Waals surface area contributed by atoms with E-state index in [1.165, 1.54) is 12.1 Å². The lowest BCUT2D eigenvalue weighted by Gasteiger charge is -2.13. The van der Waals surface area contributed by atoms with Gasteiger partial charge in [-0.1, -0.05) is 35.9 Å². The molecule has 0 saturated carbocycles. The van der Waals surface area contributed by atoms with E-state index in [0.717, 1.165) is 22.5 Å². The van der Waals surface area contributed by atoms with Gasteiger partial charge >= 0.3 is 0 Å². The van der Waals surface area contributed by atoms with E-state index in [-0.39, 0.29) is 21.6 Å². The highest BCUT2D eigenvalue weighted by Crippen LogP contribution is 2.28. The SMILES string of the molecule is O=C(c1csc(NS(=O)(=O)c2ccccc2)n1)N1Cc2ccc(Cl)cc2C1. The highest BCUT2D eigenvalue weighted by atomic mass is 35.5. The van der Waals surface area contributed by atoms with Crippen LogP contribution in [0.2, 0.25) is 5.02 Å². The Bertz CT molecular complexity index is 1110. The quantitative estimate of drug-likeness (QED) is 0.698. The van der Waals surface area contributed by atoms with Crippen molar-refractivity contribution in [2.45, 2.75) is 18.0 Å². The second kappa shape index (κ2) is 6.95. The van der Waals surface area contributed by atoms with Crippen molar-refractivity contribution in [1.29, 1.82) is 0 Å². The molecule has 1 aliphatic heterocycles. The zero-order valence-electron chi connectivity index (χ0n) is 13.9. The van der Waals surface area contributed by atoms with Crippen LogP contribution in [0.1, 0.15) is 21.6 Å². The number of sulfonamides is 1. The zero-order valence-corrected chi connectivity index (χ0v) is 16.3. The van der Waals surface area contributed by atoms with Crippen molar-refractivity contribution in [3.63, 3.8) is 0 Å². The van der Waals surface area contributed by atoms with Crippen molar-refractivity contribution < 1.29 is 13.2 Å². The fourth-order valence-electron chi connectivity index (χ4n) is 2.86. The number of halogens is 1. The molecule has 0 saturated heterocycles. The minimum absolute atomic E-state index is 0.139. The number of rotatable bonds is 4. The lowest BCUT2D eigenvalue weighted by molar-refractivity contribution is 0.0746. The number of nitrogens with one attached hydrogen (secondary N) is 1. The molecular formula is C18H14ClN3O3S2. The number of thiazole rings is 1. The Morgan fingerprint density at radius 2 is 1.85 bits per heavy atom. The monoisotopic (exact) mass is 419 g/mol. The Kier molecular flexibility index (Phi) is 4.63. The van der Waals surface area contributed by atoms with Gasteiger partial charge < -0.3 is 4.90 Å². The van der Waals surface area contributed by atoms with E-state index in [2.05, 4.69) is 9.71 Å². The number of hydrogen-bond donors (Lipinski definition) is 1. The normalized spacial score (nSPS) is 13.4. The molecule has 27 heavy (non-hydrogen) atoms. The molecular weight excluding hydrogens is 406 g/mol. The van der Waals surface area contributed by atoms with Gasteiger partial charge in [-0.05, 0) is 35.4 Å². The molecule has 1 N–H and O–H groups in total. The molecule has 0 atom stereocenters. The number of anilines is 1. The van der Waals surface area contributed by atoms with Crippen molar-refractivity contribution >= 4 is 44.0 Å². The van der Waals surface area contributed by atoms with Crippen molar-refractivity contribution in [3.05, 3.63) is 75.8 Å². The maximum Gasteiger partial charge on any atom is 0.274 e. The largest absolute Gasteiger partial charge is 0.329 e. The average molecular weight is 420 g/mol. The van der Waals surface area contributed by atoms with E-state index < -0.39 is 10.0 Å². The average Bonchev–Trinajstić information content (AvgIpc) is 3.28. The van der Waals surface area contributed by atoms with Gasteiger partial charge in [-0.3, -0.25) is 9.52 Å². The van der Waals surface area contributed by atoms with Crippen LogP contribution < -0.4 is 4.72 Å². The number of carbonyl (C=O) groups is 1. The first-order chi connectivity index (χ1) is 12.9. The van der Waals surface area contributed by atoms with E-state index in [0.29, 0.717) is 18.1 Å². The minimum Gasteiger partial charge on any atom is -0.329 e. The third-order valence-corrected chi connectivity index (χ3v) is 6.65. The number of fused-ring (bicyclic) bond motifs is 1. The highest BCUT2D eigenvalue weighted by Gasteiger charge is 2.26. The van der Waals surface area contributed by atoms with Gasteiger partial charge in [0.1, 0.15) is 5.69 Å². The lowest BCUT2D eigenvalue weighted by atomic mass is 10.1. The van der Waals surface area contributed by atoms with Crippen LogP contribution in [0, 0.1) is 0 Å². The zero-order chi connectivity index (χ0) is 19.0. The number of nitrogens with zero attached hydrogens (tertiary/aromatic N) is 2. The molecule has 3 aromatic rings. The van der Waals surface area contributed by atoms with Crippen LogP contribution in [-0.2, 0) is 23.1 Å². The van der Waals surface area contributed by atoms with Crippen LogP contribution in [0.25, 0.3) is 0 Å². The van der Waals surface area contributed by atoms with Crippen LogP contribution in [-0.4, -0.2) is 24.2 Å². The third kappa shape index (κ3) is 3.69. The van der Waals surface area contributed by atoms with Gasteiger partial charge in [-0.25, -0.2) is 13.4 Å². The van der Waals surface area contributed by atoms with Crippen molar-refractivity contribution in [1.82, 2.24) is 9.88 Å². The summed E-state index contributed by atoms with van der Waals surface area (Å²) in [5.41, 5.74) is 2.27. The highest BCUT2D eigenvalue weighted by molar-refractivity contribution is 7.93. The molecule has 6 nitrogen and oxygen atoms in total. The molecule has 1 aromatic heterocycles. The molecule has 2 aromatic carbocycles. The third-order valence-electron chi connectivity index (χ3n) is 4.18. The summed E-state index contributed by atoms with van der Waals surface area (Å²) in [5.74, 6) is -0.247. The summed E-state index contributed by atoms with van der Waals surface area (Å²) < 4.78 is 27.1. The molecule has 1 amide bonds. The first-order valence-corrected chi connectivity index (χ1v) is 10.8. The topological polar surface area (TPSA) is 79.4 Å². The Balaban J connectivity index is 1.49. The van der Waals surface area contributed by atoms with Crippen LogP contribution in [0.4, 0.5) is 5.13 Å². The van der Waals surface area contributed by atoms with Gasteiger partial charge in [0.15, 0.2) is 5.13 Å². The van der Waals surface area contributed by atoms with Gasteiger partial charge in [0.25, 0.3) is 15.9 Å². The Labute approximate surface area is 165 Å². The molecule has 0 unspecified atom stereocenters. The summed E-state index contributed by atoms with van der Waals surface area (Å²) in [6.07, 6.45) is 0. The van der Waals surface area contributed by atoms with Gasteiger partial charge in [0, 0.05) is 23.5 Å². The van der Waals surface area contributed by atoms with Crippen LogP contribution in [0.15, 0.2) is 58.8 Å². The van der Waals surface area contributed by atoms with Crippen LogP contribution in [0.5, 0.6) is 0 Å². The summed E-state index contributed by atoms with van der Waals surface area (Å²) in [4.78, 5) is 18.7. The molecule has 0 spiro atoms. The smallest absolute Gasteiger partial charge is 0.274 e. The second-order valence-electron chi connectivity index (χ2n) is 6.03. The van der Waals surface area contributed by atoms with E-state index in [1.54, 1.807) is 34.5 Å². The van der Waals surface area contributed by atoms with E-state index in [9.17, 15) is 13.2 Å². The van der Waals surface area contributed by atoms with Crippen molar-refractivity contribution in [2.24, 2.45) is 0 Å². The van der Waals surface area contributed by atoms with E-state index >= 15 is 0 Å². The second-order valence-corrected chi connectivity index (χ2v) is 9.01. The van der Waals surface area contributed by atoms with Crippen LogP contribution >= 0.6 is 22.9 Å². The first kappa shape index (κ1) is 18.0. The summed E-state index contributed by atoms with van der Waals surface area (Å²) >= 11 is 7.08. The fraction of sp³-hybridized carbons (Fsp3) is 0.111. The van der Waals surface area contributed by atoms with Gasteiger partial charge in [0.05, 0.1) is 4.90 Å². The molecule has 0 aliphatic carbocycles. The maximum absolute atomic E-state index is 12.7. The summed E-state index contributed by atoms with van der Waals surface area (Å²) in [6, 6.07) is 13.6. The first-order valence-electron chi connectivity index (χ1n) is 8.02. The van der Waals surface area contributed by atoms with E-state index in [1.807, 2.05) is 12.1 Å². The molecule has 4 rings (SSSR count). The number of amides is 1. The molecule has 2 heterocycles. The number of aromatic nitrogens is 1. The fourth-order valence-corrected chi connectivity index (χ4v) is 5.01. The van der Waals surface area contributed by atoms with Crippen molar-refractivity contribution in [3.8, 4) is 0 Å². The van der Waals surface area contributed by atoms with Gasteiger partial charge in [-0.2, -0.15) is 0 Å². The number of hydrogen-bond acceptors (Lipinski definition) is 5. The summed E-state index contributed by atoms with van der Waals surface area (Å²) in [6.45, 7) is 0.936. The Morgan fingerprint density at radius 1 is 1.11 bits per heavy atom. The Hall–Kier alpha value is -2.42. The van der Waals surface area contributed by atoms with Gasteiger partial charge in [0.2, 0.25) is 0 Å². The molecule has 0 fully saturated rings. The lowest BCUT2D eigenvalue weighted by Crippen LogP contribution is -2.25. The number of carbonyl (C=O) groups excluding carboxylic acids is 1. The molecule has 0 bridgehead atoms. The molecule has 0 radical (unpaired) electrons. The van der Waals surface area contributed by atoms with Crippen molar-refractivity contribution in [2.75, 3.05) is 4.72 Å². The van der Waals surface area contributed by atoms with E-state index in [4.69, 9.17) is 11.6 Å². The standard InChI is InChI=1S/C18H14ClN3O3S2/c19-14-7-6-12-9-22(10-13(12)8-14)17(23)16-11-26-18(20-16)21-27(24,25)15-4-2-1-3-5-15/h1-8,11H,9-10H2,(H,20,21). The summed E-state index contributed by atoms with van der Waals surface area (Å²) in [5, 5.41) is 2.34. The molecule has 9 heteroatoms. The van der Waals surface area contributed by atoms with Crippen LogP contribution in [0.3, 0.4) is 0 Å². The van der Waals surface area contributed by atoms with Gasteiger partial charge in [-0.15, -0.1) is 11.3 Å². The number of benzene rings is 2. The molecule has 1 aliphatic rings. The predicted molar refractivity (Wildman–Crippen MR) is 104 cm³/mol. The summed E-state index contributed by atoms with van der Waals surface area (Å²) in [7, 11) is -3.73. The predicted octanol–water partition coefficient (Wildman–Crippen LogP) is 3.75.